The van der Waals surface area contributed by atoms with Crippen molar-refractivity contribution in [3.8, 4) is 0 Å². The first-order chi connectivity index (χ1) is 8.97. The molecule has 1 atom stereocenters. The maximum absolute atomic E-state index is 11.9. The SMILES string of the molecule is CC(C)=CCCC(C)CC(=O)Nc1ccc(Br)cc1. The molecule has 2 nitrogen and oxygen atoms in total. The van der Waals surface area contributed by atoms with E-state index in [0.717, 1.165) is 23.0 Å². The monoisotopic (exact) mass is 323 g/mol. The van der Waals surface area contributed by atoms with Crippen LogP contribution in [0.5, 0.6) is 0 Å². The van der Waals surface area contributed by atoms with E-state index in [4.69, 9.17) is 0 Å². The van der Waals surface area contributed by atoms with Gasteiger partial charge in [-0.25, -0.2) is 0 Å². The van der Waals surface area contributed by atoms with Crippen molar-refractivity contribution in [1.82, 2.24) is 0 Å². The number of hydrogen-bond donors (Lipinski definition) is 1. The number of carbonyl (C=O) groups is 1. The van der Waals surface area contributed by atoms with Crippen LogP contribution in [0.1, 0.15) is 40.0 Å². The van der Waals surface area contributed by atoms with E-state index in [1.165, 1.54) is 5.57 Å². The molecule has 0 saturated heterocycles. The van der Waals surface area contributed by atoms with E-state index in [1.54, 1.807) is 0 Å². The molecule has 0 radical (unpaired) electrons. The molecule has 1 rings (SSSR count). The van der Waals surface area contributed by atoms with E-state index in [-0.39, 0.29) is 5.91 Å². The minimum Gasteiger partial charge on any atom is -0.326 e. The zero-order valence-electron chi connectivity index (χ0n) is 11.9. The number of allylic oxidation sites excluding steroid dienone is 2. The summed E-state index contributed by atoms with van der Waals surface area (Å²) in [6, 6.07) is 7.65. The number of anilines is 1. The summed E-state index contributed by atoms with van der Waals surface area (Å²) in [7, 11) is 0. The van der Waals surface area contributed by atoms with Crippen LogP contribution in [0, 0.1) is 5.92 Å². The summed E-state index contributed by atoms with van der Waals surface area (Å²) in [6.07, 6.45) is 4.91. The molecule has 104 valence electrons. The first kappa shape index (κ1) is 16.0. The van der Waals surface area contributed by atoms with E-state index >= 15 is 0 Å². The first-order valence-corrected chi connectivity index (χ1v) is 7.45. The molecule has 19 heavy (non-hydrogen) atoms. The fraction of sp³-hybridized carbons (Fsp3) is 0.438. The Morgan fingerprint density at radius 2 is 1.95 bits per heavy atom. The zero-order valence-corrected chi connectivity index (χ0v) is 13.5. The molecule has 1 aromatic carbocycles. The quantitative estimate of drug-likeness (QED) is 0.720. The summed E-state index contributed by atoms with van der Waals surface area (Å²) in [6.45, 7) is 6.33. The summed E-state index contributed by atoms with van der Waals surface area (Å²) in [5.41, 5.74) is 2.19. The smallest absolute Gasteiger partial charge is 0.224 e. The minimum absolute atomic E-state index is 0.0898. The molecule has 0 spiro atoms. The van der Waals surface area contributed by atoms with Crippen molar-refractivity contribution in [2.75, 3.05) is 5.32 Å². The van der Waals surface area contributed by atoms with Gasteiger partial charge in [-0.1, -0.05) is 34.5 Å². The van der Waals surface area contributed by atoms with Crippen molar-refractivity contribution in [3.05, 3.63) is 40.4 Å². The molecule has 3 heteroatoms. The predicted octanol–water partition coefficient (Wildman–Crippen LogP) is 5.16. The van der Waals surface area contributed by atoms with Crippen molar-refractivity contribution in [2.24, 2.45) is 5.92 Å². The van der Waals surface area contributed by atoms with Crippen LogP contribution in [0.25, 0.3) is 0 Å². The number of carbonyl (C=O) groups excluding carboxylic acids is 1. The third-order valence-electron chi connectivity index (χ3n) is 2.87. The lowest BCUT2D eigenvalue weighted by molar-refractivity contribution is -0.117. The Balaban J connectivity index is 2.34. The molecule has 1 N–H and O–H groups in total. The molecule has 0 aliphatic rings. The molecule has 0 aliphatic heterocycles. The van der Waals surface area contributed by atoms with E-state index in [9.17, 15) is 4.79 Å². The second-order valence-corrected chi connectivity index (χ2v) is 6.14. The number of rotatable bonds is 6. The molecular formula is C16H22BrNO. The van der Waals surface area contributed by atoms with Crippen molar-refractivity contribution in [3.63, 3.8) is 0 Å². The number of halogens is 1. The third kappa shape index (κ3) is 7.16. The van der Waals surface area contributed by atoms with Crippen LogP contribution in [-0.2, 0) is 4.79 Å². The first-order valence-electron chi connectivity index (χ1n) is 6.66. The Morgan fingerprint density at radius 1 is 1.32 bits per heavy atom. The van der Waals surface area contributed by atoms with Crippen LogP contribution in [0.4, 0.5) is 5.69 Å². The third-order valence-corrected chi connectivity index (χ3v) is 3.40. The van der Waals surface area contributed by atoms with E-state index in [1.807, 2.05) is 24.3 Å². The van der Waals surface area contributed by atoms with E-state index < -0.39 is 0 Å². The van der Waals surface area contributed by atoms with Crippen molar-refractivity contribution >= 4 is 27.5 Å². The molecule has 0 fully saturated rings. The largest absolute Gasteiger partial charge is 0.326 e. The minimum atomic E-state index is 0.0898. The number of hydrogen-bond acceptors (Lipinski definition) is 1. The van der Waals surface area contributed by atoms with Crippen LogP contribution in [0.2, 0.25) is 0 Å². The molecule has 1 amide bonds. The second-order valence-electron chi connectivity index (χ2n) is 5.22. The van der Waals surface area contributed by atoms with Gasteiger partial charge in [0, 0.05) is 16.6 Å². The van der Waals surface area contributed by atoms with Gasteiger partial charge in [0.1, 0.15) is 0 Å². The Labute approximate surface area is 124 Å². The molecular weight excluding hydrogens is 302 g/mol. The summed E-state index contributed by atoms with van der Waals surface area (Å²) >= 11 is 3.37. The van der Waals surface area contributed by atoms with Gasteiger partial charge in [0.2, 0.25) is 5.91 Å². The van der Waals surface area contributed by atoms with Gasteiger partial charge in [-0.05, 0) is 56.9 Å². The van der Waals surface area contributed by atoms with Gasteiger partial charge >= 0.3 is 0 Å². The van der Waals surface area contributed by atoms with Crippen LogP contribution in [0.15, 0.2) is 40.4 Å². The van der Waals surface area contributed by atoms with Crippen LogP contribution in [-0.4, -0.2) is 5.91 Å². The average Bonchev–Trinajstić information content (AvgIpc) is 2.31. The van der Waals surface area contributed by atoms with Gasteiger partial charge in [-0.2, -0.15) is 0 Å². The molecule has 0 saturated carbocycles. The number of nitrogens with one attached hydrogen (secondary N) is 1. The van der Waals surface area contributed by atoms with Gasteiger partial charge in [0.05, 0.1) is 0 Å². The highest BCUT2D eigenvalue weighted by molar-refractivity contribution is 9.10. The lowest BCUT2D eigenvalue weighted by atomic mass is 10.0. The standard InChI is InChI=1S/C16H22BrNO/c1-12(2)5-4-6-13(3)11-16(19)18-15-9-7-14(17)8-10-15/h5,7-10,13H,4,6,11H2,1-3H3,(H,18,19). The Hall–Kier alpha value is -1.09. The summed E-state index contributed by atoms with van der Waals surface area (Å²) < 4.78 is 1.01. The maximum atomic E-state index is 11.9. The van der Waals surface area contributed by atoms with Crippen LogP contribution < -0.4 is 5.32 Å². The summed E-state index contributed by atoms with van der Waals surface area (Å²) in [5, 5.41) is 2.92. The topological polar surface area (TPSA) is 29.1 Å². The van der Waals surface area contributed by atoms with Crippen LogP contribution in [0.3, 0.4) is 0 Å². The molecule has 0 aliphatic carbocycles. The molecule has 0 bridgehead atoms. The summed E-state index contributed by atoms with van der Waals surface area (Å²) in [5.74, 6) is 0.498. The van der Waals surface area contributed by atoms with Gasteiger partial charge in [0.25, 0.3) is 0 Å². The highest BCUT2D eigenvalue weighted by atomic mass is 79.9. The van der Waals surface area contributed by atoms with E-state index in [0.29, 0.717) is 12.3 Å². The Kier molecular flexibility index (Phi) is 6.85. The highest BCUT2D eigenvalue weighted by Crippen LogP contribution is 2.16. The lowest BCUT2D eigenvalue weighted by Gasteiger charge is -2.10. The molecule has 0 heterocycles. The van der Waals surface area contributed by atoms with Gasteiger partial charge < -0.3 is 5.32 Å². The normalized spacial score (nSPS) is 11.8. The average molecular weight is 324 g/mol. The maximum Gasteiger partial charge on any atom is 0.224 e. The molecule has 1 aromatic rings. The van der Waals surface area contributed by atoms with Gasteiger partial charge in [-0.3, -0.25) is 4.79 Å². The number of amides is 1. The number of benzene rings is 1. The van der Waals surface area contributed by atoms with Crippen molar-refractivity contribution < 1.29 is 4.79 Å². The summed E-state index contributed by atoms with van der Waals surface area (Å²) in [4.78, 5) is 11.9. The lowest BCUT2D eigenvalue weighted by Crippen LogP contribution is -2.15. The molecule has 1 unspecified atom stereocenters. The van der Waals surface area contributed by atoms with Gasteiger partial charge in [-0.15, -0.1) is 0 Å². The van der Waals surface area contributed by atoms with E-state index in [2.05, 4.69) is 48.1 Å². The van der Waals surface area contributed by atoms with Crippen LogP contribution >= 0.6 is 15.9 Å². The Bertz CT molecular complexity index is 433. The predicted molar refractivity (Wildman–Crippen MR) is 85.2 cm³/mol. The molecule has 0 aromatic heterocycles. The zero-order chi connectivity index (χ0) is 14.3. The van der Waals surface area contributed by atoms with Crippen molar-refractivity contribution in [2.45, 2.75) is 40.0 Å². The second kappa shape index (κ2) is 8.16. The Morgan fingerprint density at radius 3 is 2.53 bits per heavy atom. The fourth-order valence-electron chi connectivity index (χ4n) is 1.82. The van der Waals surface area contributed by atoms with Gasteiger partial charge in [0.15, 0.2) is 0 Å². The van der Waals surface area contributed by atoms with Crippen molar-refractivity contribution in [1.29, 1.82) is 0 Å². The highest BCUT2D eigenvalue weighted by Gasteiger charge is 2.08. The fourth-order valence-corrected chi connectivity index (χ4v) is 2.08.